The van der Waals surface area contributed by atoms with Gasteiger partial charge in [-0.2, -0.15) is 0 Å². The summed E-state index contributed by atoms with van der Waals surface area (Å²) in [4.78, 5) is 4.55. The lowest BCUT2D eigenvalue weighted by molar-refractivity contribution is 0.585. The molecule has 0 atom stereocenters. The molecule has 2 aromatic heterocycles. The highest BCUT2D eigenvalue weighted by molar-refractivity contribution is 5.77. The van der Waals surface area contributed by atoms with Crippen LogP contribution in [0.15, 0.2) is 42.6 Å². The maximum Gasteiger partial charge on any atom is 0.139 e. The number of nitrogens with zero attached hydrogens (tertiary/aromatic N) is 2. The van der Waals surface area contributed by atoms with Gasteiger partial charge in [0.2, 0.25) is 0 Å². The molecule has 0 spiro atoms. The summed E-state index contributed by atoms with van der Waals surface area (Å²) in [5, 5.41) is 3.51. The van der Waals surface area contributed by atoms with Gasteiger partial charge in [-0.15, -0.1) is 0 Å². The number of aromatic nitrogens is 2. The van der Waals surface area contributed by atoms with Gasteiger partial charge in [-0.25, -0.2) is 13.8 Å². The third kappa shape index (κ3) is 2.56. The number of hydrogen-bond acceptors (Lipinski definition) is 2. The second-order valence-corrected chi connectivity index (χ2v) is 5.99. The van der Waals surface area contributed by atoms with E-state index in [0.29, 0.717) is 17.3 Å². The zero-order valence-electron chi connectivity index (χ0n) is 12.6. The topological polar surface area (TPSA) is 29.3 Å². The number of rotatable bonds is 3. The molecule has 0 amide bonds. The van der Waals surface area contributed by atoms with E-state index in [-0.39, 0.29) is 0 Å². The van der Waals surface area contributed by atoms with Gasteiger partial charge in [0.05, 0.1) is 0 Å². The van der Waals surface area contributed by atoms with Crippen LogP contribution in [0.5, 0.6) is 0 Å². The second kappa shape index (κ2) is 5.65. The highest BCUT2D eigenvalue weighted by Gasteiger charge is 2.22. The van der Waals surface area contributed by atoms with Crippen molar-refractivity contribution in [1.82, 2.24) is 9.38 Å². The SMILES string of the molecule is Fc1ccc(-c2nc3ccccn3c2NC2CCCC2)c(F)c1. The van der Waals surface area contributed by atoms with Crippen LogP contribution < -0.4 is 5.32 Å². The predicted octanol–water partition coefficient (Wildman–Crippen LogP) is 4.63. The van der Waals surface area contributed by atoms with Crippen LogP contribution in [-0.2, 0) is 0 Å². The van der Waals surface area contributed by atoms with E-state index in [1.54, 1.807) is 0 Å². The molecule has 2 heterocycles. The number of imidazole rings is 1. The summed E-state index contributed by atoms with van der Waals surface area (Å²) in [6, 6.07) is 9.68. The minimum absolute atomic E-state index is 0.315. The average Bonchev–Trinajstić information content (AvgIpc) is 3.16. The number of benzene rings is 1. The maximum absolute atomic E-state index is 14.2. The molecule has 4 rings (SSSR count). The Morgan fingerprint density at radius 1 is 1.09 bits per heavy atom. The fraction of sp³-hybridized carbons (Fsp3) is 0.278. The van der Waals surface area contributed by atoms with Gasteiger partial charge in [0.25, 0.3) is 0 Å². The van der Waals surface area contributed by atoms with Crippen molar-refractivity contribution < 1.29 is 8.78 Å². The molecule has 1 fully saturated rings. The predicted molar refractivity (Wildman–Crippen MR) is 86.4 cm³/mol. The summed E-state index contributed by atoms with van der Waals surface area (Å²) in [6.45, 7) is 0. The molecular weight excluding hydrogens is 296 g/mol. The molecule has 3 aromatic rings. The minimum atomic E-state index is -0.595. The smallest absolute Gasteiger partial charge is 0.139 e. The molecule has 1 aliphatic carbocycles. The number of hydrogen-bond donors (Lipinski definition) is 1. The van der Waals surface area contributed by atoms with Crippen LogP contribution in [-0.4, -0.2) is 15.4 Å². The first-order valence-corrected chi connectivity index (χ1v) is 7.91. The zero-order chi connectivity index (χ0) is 15.8. The Balaban J connectivity index is 1.87. The van der Waals surface area contributed by atoms with E-state index in [9.17, 15) is 8.78 Å². The molecule has 1 saturated carbocycles. The van der Waals surface area contributed by atoms with Gasteiger partial charge in [-0.3, -0.25) is 4.40 Å². The van der Waals surface area contributed by atoms with Crippen molar-refractivity contribution in [3.63, 3.8) is 0 Å². The normalized spacial score (nSPS) is 15.4. The lowest BCUT2D eigenvalue weighted by Gasteiger charge is -2.15. The third-order valence-electron chi connectivity index (χ3n) is 4.41. The molecule has 1 aliphatic rings. The van der Waals surface area contributed by atoms with Gasteiger partial charge >= 0.3 is 0 Å². The average molecular weight is 313 g/mol. The molecular formula is C18H17F2N3. The lowest BCUT2D eigenvalue weighted by atomic mass is 10.1. The minimum Gasteiger partial charge on any atom is -0.367 e. The van der Waals surface area contributed by atoms with Gasteiger partial charge < -0.3 is 5.32 Å². The fourth-order valence-electron chi connectivity index (χ4n) is 3.27. The van der Waals surface area contributed by atoms with Gasteiger partial charge in [-0.1, -0.05) is 18.9 Å². The largest absolute Gasteiger partial charge is 0.367 e. The number of halogens is 2. The van der Waals surface area contributed by atoms with Gasteiger partial charge in [0.15, 0.2) is 0 Å². The molecule has 0 saturated heterocycles. The van der Waals surface area contributed by atoms with Crippen molar-refractivity contribution in [2.45, 2.75) is 31.7 Å². The monoisotopic (exact) mass is 313 g/mol. The van der Waals surface area contributed by atoms with E-state index < -0.39 is 11.6 Å². The van der Waals surface area contributed by atoms with Crippen molar-refractivity contribution in [1.29, 1.82) is 0 Å². The summed E-state index contributed by atoms with van der Waals surface area (Å²) in [7, 11) is 0. The molecule has 0 radical (unpaired) electrons. The van der Waals surface area contributed by atoms with Gasteiger partial charge in [-0.05, 0) is 37.1 Å². The Morgan fingerprint density at radius 2 is 1.91 bits per heavy atom. The summed E-state index contributed by atoms with van der Waals surface area (Å²) < 4.78 is 29.4. The molecule has 0 aliphatic heterocycles. The summed E-state index contributed by atoms with van der Waals surface area (Å²) in [5.74, 6) is -0.402. The molecule has 0 unspecified atom stereocenters. The van der Waals surface area contributed by atoms with Gasteiger partial charge in [0.1, 0.15) is 28.8 Å². The van der Waals surface area contributed by atoms with E-state index in [1.165, 1.54) is 25.0 Å². The van der Waals surface area contributed by atoms with Crippen molar-refractivity contribution in [2.75, 3.05) is 5.32 Å². The molecule has 1 aromatic carbocycles. The van der Waals surface area contributed by atoms with Gasteiger partial charge in [0, 0.05) is 23.9 Å². The van der Waals surface area contributed by atoms with E-state index in [0.717, 1.165) is 30.4 Å². The third-order valence-corrected chi connectivity index (χ3v) is 4.41. The summed E-state index contributed by atoms with van der Waals surface area (Å²) in [6.07, 6.45) is 6.52. The van der Waals surface area contributed by atoms with Crippen LogP contribution in [0.4, 0.5) is 14.6 Å². The van der Waals surface area contributed by atoms with E-state index in [4.69, 9.17) is 0 Å². The Hall–Kier alpha value is -2.43. The number of pyridine rings is 1. The van der Waals surface area contributed by atoms with Crippen LogP contribution in [0.1, 0.15) is 25.7 Å². The molecule has 3 nitrogen and oxygen atoms in total. The van der Waals surface area contributed by atoms with E-state index in [1.807, 2.05) is 28.8 Å². The first kappa shape index (κ1) is 14.2. The zero-order valence-corrected chi connectivity index (χ0v) is 12.6. The summed E-state index contributed by atoms with van der Waals surface area (Å²) >= 11 is 0. The Labute approximate surface area is 133 Å². The maximum atomic E-state index is 14.2. The molecule has 23 heavy (non-hydrogen) atoms. The van der Waals surface area contributed by atoms with Crippen molar-refractivity contribution in [3.05, 3.63) is 54.2 Å². The van der Waals surface area contributed by atoms with Crippen molar-refractivity contribution in [3.8, 4) is 11.3 Å². The molecule has 0 bridgehead atoms. The fourth-order valence-corrected chi connectivity index (χ4v) is 3.27. The van der Waals surface area contributed by atoms with Crippen LogP contribution >= 0.6 is 0 Å². The van der Waals surface area contributed by atoms with Crippen molar-refractivity contribution >= 4 is 11.5 Å². The Kier molecular flexibility index (Phi) is 3.48. The van der Waals surface area contributed by atoms with E-state index in [2.05, 4.69) is 10.3 Å². The lowest BCUT2D eigenvalue weighted by Crippen LogP contribution is -2.16. The first-order valence-electron chi connectivity index (χ1n) is 7.91. The Morgan fingerprint density at radius 3 is 2.70 bits per heavy atom. The van der Waals surface area contributed by atoms with E-state index >= 15 is 0 Å². The van der Waals surface area contributed by atoms with Crippen LogP contribution in [0, 0.1) is 11.6 Å². The standard InChI is InChI=1S/C18H17F2N3/c19-12-8-9-14(15(20)11-12)17-18(21-13-5-1-2-6-13)23-10-4-3-7-16(23)22-17/h3-4,7-11,13,21H,1-2,5-6H2. The van der Waals surface area contributed by atoms with Crippen LogP contribution in [0.3, 0.4) is 0 Å². The molecule has 1 N–H and O–H groups in total. The second-order valence-electron chi connectivity index (χ2n) is 5.99. The number of anilines is 1. The number of nitrogens with one attached hydrogen (secondary N) is 1. The highest BCUT2D eigenvalue weighted by Crippen LogP contribution is 2.33. The van der Waals surface area contributed by atoms with Crippen molar-refractivity contribution in [2.24, 2.45) is 0 Å². The quantitative estimate of drug-likeness (QED) is 0.763. The highest BCUT2D eigenvalue weighted by atomic mass is 19.1. The van der Waals surface area contributed by atoms with Crippen LogP contribution in [0.2, 0.25) is 0 Å². The molecule has 5 heteroatoms. The number of fused-ring (bicyclic) bond motifs is 1. The summed E-state index contributed by atoms with van der Waals surface area (Å²) in [5.41, 5.74) is 1.59. The van der Waals surface area contributed by atoms with Crippen LogP contribution in [0.25, 0.3) is 16.9 Å². The molecule has 118 valence electrons. The Bertz CT molecular complexity index is 851. The first-order chi connectivity index (χ1) is 11.2.